The molecule has 2 aromatic heterocycles. The van der Waals surface area contributed by atoms with Gasteiger partial charge >= 0.3 is 0 Å². The highest BCUT2D eigenvalue weighted by Gasteiger charge is 2.19. The predicted octanol–water partition coefficient (Wildman–Crippen LogP) is 11.9. The third kappa shape index (κ3) is 4.88. The van der Waals surface area contributed by atoms with Gasteiger partial charge in [-0.05, 0) is 57.6 Å². The van der Waals surface area contributed by atoms with Crippen LogP contribution in [0.5, 0.6) is 0 Å². The van der Waals surface area contributed by atoms with Crippen LogP contribution < -0.4 is 0 Å². The lowest BCUT2D eigenvalue weighted by Crippen LogP contribution is -2.02. The summed E-state index contributed by atoms with van der Waals surface area (Å²) in [7, 11) is 0. The van der Waals surface area contributed by atoms with Crippen LogP contribution in [-0.2, 0) is 0 Å². The second-order valence-corrected chi connectivity index (χ2v) is 12.8. The summed E-state index contributed by atoms with van der Waals surface area (Å²) >= 11 is 0. The van der Waals surface area contributed by atoms with Crippen molar-refractivity contribution in [2.24, 2.45) is 0 Å². The van der Waals surface area contributed by atoms with Crippen molar-refractivity contribution >= 4 is 43.4 Å². The number of hydrogen-bond donors (Lipinski definition) is 0. The summed E-state index contributed by atoms with van der Waals surface area (Å²) in [6.45, 7) is 0. The zero-order valence-electron chi connectivity index (χ0n) is 27.6. The first-order chi connectivity index (χ1) is 25.3. The smallest absolute Gasteiger partial charge is 0.164 e. The van der Waals surface area contributed by atoms with Crippen LogP contribution in [0, 0.1) is 0 Å². The van der Waals surface area contributed by atoms with Crippen molar-refractivity contribution in [1.82, 2.24) is 19.5 Å². The van der Waals surface area contributed by atoms with E-state index in [1.165, 1.54) is 21.9 Å². The van der Waals surface area contributed by atoms with Gasteiger partial charge in [0.2, 0.25) is 0 Å². The average molecular weight is 651 g/mol. The molecule has 0 unspecified atom stereocenters. The molecule has 2 heterocycles. The van der Waals surface area contributed by atoms with Gasteiger partial charge in [-0.2, -0.15) is 0 Å². The number of aromatic nitrogens is 4. The number of rotatable bonds is 5. The molecular weight excluding hydrogens is 621 g/mol. The molecule has 0 spiro atoms. The summed E-state index contributed by atoms with van der Waals surface area (Å²) < 4.78 is 2.38. The minimum atomic E-state index is 0.628. The van der Waals surface area contributed by atoms with E-state index in [2.05, 4.69) is 168 Å². The van der Waals surface area contributed by atoms with Gasteiger partial charge in [0.05, 0.1) is 16.7 Å². The summed E-state index contributed by atoms with van der Waals surface area (Å²) in [5.74, 6) is 1.91. The van der Waals surface area contributed by atoms with Crippen molar-refractivity contribution in [3.63, 3.8) is 0 Å². The molecule has 0 aliphatic heterocycles. The van der Waals surface area contributed by atoms with Gasteiger partial charge in [0.15, 0.2) is 17.5 Å². The molecule has 4 heteroatoms. The molecule has 0 amide bonds. The molecule has 0 N–H and O–H groups in total. The van der Waals surface area contributed by atoms with Crippen LogP contribution in [-0.4, -0.2) is 19.5 Å². The van der Waals surface area contributed by atoms with Crippen molar-refractivity contribution in [2.45, 2.75) is 0 Å². The topological polar surface area (TPSA) is 43.6 Å². The minimum Gasteiger partial charge on any atom is -0.309 e. The van der Waals surface area contributed by atoms with Gasteiger partial charge in [-0.3, -0.25) is 0 Å². The predicted molar refractivity (Wildman–Crippen MR) is 211 cm³/mol. The van der Waals surface area contributed by atoms with Crippen molar-refractivity contribution in [3.05, 3.63) is 182 Å². The lowest BCUT2D eigenvalue weighted by atomic mass is 9.94. The molecule has 0 aliphatic carbocycles. The Morgan fingerprint density at radius 1 is 0.314 bits per heavy atom. The average Bonchev–Trinajstić information content (AvgIpc) is 3.55. The fourth-order valence-electron chi connectivity index (χ4n) is 7.49. The van der Waals surface area contributed by atoms with Crippen molar-refractivity contribution in [3.8, 4) is 51.0 Å². The molecule has 0 aliphatic rings. The van der Waals surface area contributed by atoms with Crippen molar-refractivity contribution in [2.75, 3.05) is 0 Å². The molecule has 10 aromatic rings. The standard InChI is InChI=1S/C47H30N4/c1-3-15-31(16-4-1)35-27-28-41(38-22-10-9-21-37(35)38)47-49-45(32-17-5-2-6-18-32)48-46(50-47)34-29-33-19-7-8-20-36(33)44(30-34)51-42-25-13-11-23-39(42)40-24-12-14-26-43(40)51/h1-30H. The fourth-order valence-corrected chi connectivity index (χ4v) is 7.49. The van der Waals surface area contributed by atoms with Crippen molar-refractivity contribution < 1.29 is 0 Å². The Morgan fingerprint density at radius 3 is 1.45 bits per heavy atom. The second kappa shape index (κ2) is 11.9. The summed E-state index contributed by atoms with van der Waals surface area (Å²) in [4.78, 5) is 15.6. The monoisotopic (exact) mass is 650 g/mol. The van der Waals surface area contributed by atoms with E-state index in [0.717, 1.165) is 55.0 Å². The minimum absolute atomic E-state index is 0.628. The highest BCUT2D eigenvalue weighted by Crippen LogP contribution is 2.39. The van der Waals surface area contributed by atoms with E-state index < -0.39 is 0 Å². The van der Waals surface area contributed by atoms with Crippen LogP contribution in [0.4, 0.5) is 0 Å². The SMILES string of the molecule is c1ccc(-c2nc(-c3cc(-n4c5ccccc5c5ccccc54)c4ccccc4c3)nc(-c3ccc(-c4ccccc4)c4ccccc34)n2)cc1. The lowest BCUT2D eigenvalue weighted by Gasteiger charge is -2.15. The van der Waals surface area contributed by atoms with Gasteiger partial charge < -0.3 is 4.57 Å². The maximum Gasteiger partial charge on any atom is 0.164 e. The summed E-state index contributed by atoms with van der Waals surface area (Å²) in [5.41, 5.74) is 8.59. The van der Waals surface area contributed by atoms with Crippen LogP contribution >= 0.6 is 0 Å². The number of nitrogens with zero attached hydrogens (tertiary/aromatic N) is 4. The molecular formula is C47H30N4. The third-order valence-electron chi connectivity index (χ3n) is 9.84. The maximum atomic E-state index is 5.27. The molecule has 0 saturated heterocycles. The quantitative estimate of drug-likeness (QED) is 0.186. The van der Waals surface area contributed by atoms with E-state index in [0.29, 0.717) is 17.5 Å². The van der Waals surface area contributed by atoms with Crippen LogP contribution in [0.1, 0.15) is 0 Å². The molecule has 8 aromatic carbocycles. The molecule has 0 bridgehead atoms. The molecule has 4 nitrogen and oxygen atoms in total. The molecule has 0 radical (unpaired) electrons. The number of benzene rings is 8. The van der Waals surface area contributed by atoms with Gasteiger partial charge in [-0.25, -0.2) is 15.0 Å². The Balaban J connectivity index is 1.24. The van der Waals surface area contributed by atoms with Crippen LogP contribution in [0.3, 0.4) is 0 Å². The van der Waals surface area contributed by atoms with Gasteiger partial charge in [-0.1, -0.05) is 152 Å². The van der Waals surface area contributed by atoms with Gasteiger partial charge in [-0.15, -0.1) is 0 Å². The van der Waals surface area contributed by atoms with E-state index in [-0.39, 0.29) is 0 Å². The highest BCUT2D eigenvalue weighted by molar-refractivity contribution is 6.11. The summed E-state index contributed by atoms with van der Waals surface area (Å²) in [6, 6.07) is 63.9. The molecule has 51 heavy (non-hydrogen) atoms. The second-order valence-electron chi connectivity index (χ2n) is 12.8. The van der Waals surface area contributed by atoms with E-state index in [1.807, 2.05) is 18.2 Å². The van der Waals surface area contributed by atoms with Gasteiger partial charge in [0.1, 0.15) is 0 Å². The first-order valence-electron chi connectivity index (χ1n) is 17.2. The number of hydrogen-bond acceptors (Lipinski definition) is 3. The fraction of sp³-hybridized carbons (Fsp3) is 0. The van der Waals surface area contributed by atoms with Crippen molar-refractivity contribution in [1.29, 1.82) is 0 Å². The number of fused-ring (bicyclic) bond motifs is 5. The largest absolute Gasteiger partial charge is 0.309 e. The van der Waals surface area contributed by atoms with Crippen LogP contribution in [0.25, 0.3) is 94.3 Å². The first kappa shape index (κ1) is 29.0. The summed E-state index contributed by atoms with van der Waals surface area (Å²) in [5, 5.41) is 6.98. The van der Waals surface area contributed by atoms with E-state index in [1.54, 1.807) is 0 Å². The zero-order chi connectivity index (χ0) is 33.7. The van der Waals surface area contributed by atoms with E-state index >= 15 is 0 Å². The molecule has 0 atom stereocenters. The molecule has 238 valence electrons. The van der Waals surface area contributed by atoms with Gasteiger partial charge in [0.25, 0.3) is 0 Å². The Bertz CT molecular complexity index is 2860. The Hall–Kier alpha value is -6.91. The normalized spacial score (nSPS) is 11.5. The highest BCUT2D eigenvalue weighted by atomic mass is 15.0. The van der Waals surface area contributed by atoms with Gasteiger partial charge in [0, 0.05) is 32.8 Å². The Kier molecular flexibility index (Phi) is 6.78. The molecule has 10 rings (SSSR count). The summed E-state index contributed by atoms with van der Waals surface area (Å²) in [6.07, 6.45) is 0. The Morgan fingerprint density at radius 2 is 0.784 bits per heavy atom. The zero-order valence-corrected chi connectivity index (χ0v) is 27.6. The molecule has 0 fully saturated rings. The maximum absolute atomic E-state index is 5.27. The van der Waals surface area contributed by atoms with E-state index in [9.17, 15) is 0 Å². The first-order valence-corrected chi connectivity index (χ1v) is 17.2. The number of para-hydroxylation sites is 2. The Labute approximate surface area is 295 Å². The van der Waals surface area contributed by atoms with Crippen LogP contribution in [0.2, 0.25) is 0 Å². The third-order valence-corrected chi connectivity index (χ3v) is 9.84. The lowest BCUT2D eigenvalue weighted by molar-refractivity contribution is 1.07. The molecule has 0 saturated carbocycles. The van der Waals surface area contributed by atoms with Crippen LogP contribution in [0.15, 0.2) is 182 Å². The van der Waals surface area contributed by atoms with E-state index in [4.69, 9.17) is 15.0 Å².